The first kappa shape index (κ1) is 16.3. The standard InChI is InChI=1S/C18H22N4O2/c1-12-9-17(22-18(20-12)13(2)14(3)21-22)19-10-15(23)11-24-16-7-5-4-6-8-16/h4-9,15,19,23H,10-11H2,1-3H3/t15-/m0/s1. The lowest BCUT2D eigenvalue weighted by molar-refractivity contribution is 0.117. The lowest BCUT2D eigenvalue weighted by Gasteiger charge is -2.15. The van der Waals surface area contributed by atoms with Crippen molar-refractivity contribution in [1.29, 1.82) is 0 Å². The Kier molecular flexibility index (Phi) is 4.66. The third kappa shape index (κ3) is 3.49. The maximum atomic E-state index is 10.1. The number of anilines is 1. The molecule has 0 amide bonds. The molecule has 6 heteroatoms. The molecule has 0 saturated carbocycles. The lowest BCUT2D eigenvalue weighted by atomic mass is 10.3. The molecule has 2 N–H and O–H groups in total. The Balaban J connectivity index is 1.66. The number of nitrogens with zero attached hydrogens (tertiary/aromatic N) is 3. The molecule has 0 unspecified atom stereocenters. The second-order valence-electron chi connectivity index (χ2n) is 5.89. The molecule has 1 atom stereocenters. The van der Waals surface area contributed by atoms with Gasteiger partial charge in [-0.25, -0.2) is 4.98 Å². The quantitative estimate of drug-likeness (QED) is 0.728. The van der Waals surface area contributed by atoms with Gasteiger partial charge in [0.15, 0.2) is 5.65 Å². The summed E-state index contributed by atoms with van der Waals surface area (Å²) in [6.45, 7) is 6.51. The Morgan fingerprint density at radius 3 is 2.71 bits per heavy atom. The maximum Gasteiger partial charge on any atom is 0.160 e. The Morgan fingerprint density at radius 1 is 1.21 bits per heavy atom. The summed E-state index contributed by atoms with van der Waals surface area (Å²) < 4.78 is 7.35. The molecule has 0 aliphatic rings. The summed E-state index contributed by atoms with van der Waals surface area (Å²) in [4.78, 5) is 4.53. The molecule has 126 valence electrons. The molecule has 0 aliphatic heterocycles. The Morgan fingerprint density at radius 2 is 1.96 bits per heavy atom. The maximum absolute atomic E-state index is 10.1. The molecule has 24 heavy (non-hydrogen) atoms. The number of ether oxygens (including phenoxy) is 1. The number of hydrogen-bond donors (Lipinski definition) is 2. The third-order valence-electron chi connectivity index (χ3n) is 3.89. The van der Waals surface area contributed by atoms with Crippen molar-refractivity contribution < 1.29 is 9.84 Å². The van der Waals surface area contributed by atoms with Crippen molar-refractivity contribution in [2.75, 3.05) is 18.5 Å². The number of fused-ring (bicyclic) bond motifs is 1. The van der Waals surface area contributed by atoms with Crippen molar-refractivity contribution in [3.63, 3.8) is 0 Å². The first-order valence-electron chi connectivity index (χ1n) is 7.98. The second kappa shape index (κ2) is 6.88. The van der Waals surface area contributed by atoms with Gasteiger partial charge in [0.1, 0.15) is 24.3 Å². The smallest absolute Gasteiger partial charge is 0.160 e. The van der Waals surface area contributed by atoms with Crippen molar-refractivity contribution in [2.45, 2.75) is 26.9 Å². The zero-order valence-corrected chi connectivity index (χ0v) is 14.2. The predicted octanol–water partition coefficient (Wildman–Crippen LogP) is 2.51. The molecule has 0 aliphatic carbocycles. The molecule has 0 saturated heterocycles. The lowest BCUT2D eigenvalue weighted by Crippen LogP contribution is -2.27. The van der Waals surface area contributed by atoms with Gasteiger partial charge >= 0.3 is 0 Å². The summed E-state index contributed by atoms with van der Waals surface area (Å²) in [7, 11) is 0. The number of aryl methyl sites for hydroxylation is 3. The monoisotopic (exact) mass is 326 g/mol. The third-order valence-corrected chi connectivity index (χ3v) is 3.89. The number of hydrogen-bond acceptors (Lipinski definition) is 5. The summed E-state index contributed by atoms with van der Waals surface area (Å²) in [6.07, 6.45) is -0.633. The molecule has 1 aromatic carbocycles. The average Bonchev–Trinajstić information content (AvgIpc) is 2.87. The van der Waals surface area contributed by atoms with Crippen molar-refractivity contribution >= 4 is 11.5 Å². The molecule has 2 aromatic heterocycles. The van der Waals surface area contributed by atoms with Crippen LogP contribution in [-0.4, -0.2) is 39.0 Å². The largest absolute Gasteiger partial charge is 0.491 e. The number of nitrogens with one attached hydrogen (secondary N) is 1. The highest BCUT2D eigenvalue weighted by molar-refractivity contribution is 5.55. The zero-order valence-electron chi connectivity index (χ0n) is 14.2. The number of para-hydroxylation sites is 1. The van der Waals surface area contributed by atoms with E-state index in [2.05, 4.69) is 15.4 Å². The van der Waals surface area contributed by atoms with Crippen LogP contribution in [0.3, 0.4) is 0 Å². The van der Waals surface area contributed by atoms with E-state index in [0.717, 1.165) is 34.2 Å². The SMILES string of the molecule is Cc1cc(NC[C@H](O)COc2ccccc2)n2nc(C)c(C)c2n1. The van der Waals surface area contributed by atoms with Gasteiger partial charge in [-0.15, -0.1) is 0 Å². The normalized spacial score (nSPS) is 12.3. The highest BCUT2D eigenvalue weighted by Crippen LogP contribution is 2.18. The molecule has 0 fully saturated rings. The fraction of sp³-hybridized carbons (Fsp3) is 0.333. The number of benzene rings is 1. The molecule has 3 aromatic rings. The Bertz CT molecular complexity index is 830. The van der Waals surface area contributed by atoms with Crippen LogP contribution in [0, 0.1) is 20.8 Å². The first-order chi connectivity index (χ1) is 11.5. The van der Waals surface area contributed by atoms with E-state index in [1.165, 1.54) is 0 Å². The fourth-order valence-corrected chi connectivity index (χ4v) is 2.47. The van der Waals surface area contributed by atoms with Crippen LogP contribution in [0.1, 0.15) is 17.0 Å². The summed E-state index contributed by atoms with van der Waals surface area (Å²) >= 11 is 0. The highest BCUT2D eigenvalue weighted by atomic mass is 16.5. The molecule has 2 heterocycles. The van der Waals surface area contributed by atoms with Crippen LogP contribution in [0.5, 0.6) is 5.75 Å². The highest BCUT2D eigenvalue weighted by Gasteiger charge is 2.12. The van der Waals surface area contributed by atoms with Gasteiger partial charge < -0.3 is 15.2 Å². The summed E-state index contributed by atoms with van der Waals surface area (Å²) in [5, 5.41) is 17.9. The van der Waals surface area contributed by atoms with Gasteiger partial charge in [0.05, 0.1) is 5.69 Å². The molecule has 0 spiro atoms. The summed E-state index contributed by atoms with van der Waals surface area (Å²) in [5.74, 6) is 1.56. The molecule has 3 rings (SSSR count). The first-order valence-corrected chi connectivity index (χ1v) is 7.98. The Hall–Kier alpha value is -2.60. The van der Waals surface area contributed by atoms with E-state index in [0.29, 0.717) is 6.54 Å². The molecular formula is C18H22N4O2. The fourth-order valence-electron chi connectivity index (χ4n) is 2.47. The average molecular weight is 326 g/mol. The molecular weight excluding hydrogens is 304 g/mol. The molecule has 0 bridgehead atoms. The number of aromatic nitrogens is 3. The van der Waals surface area contributed by atoms with Crippen LogP contribution < -0.4 is 10.1 Å². The van der Waals surface area contributed by atoms with Crippen molar-refractivity contribution in [1.82, 2.24) is 14.6 Å². The minimum absolute atomic E-state index is 0.224. The number of aliphatic hydroxyl groups is 1. The van der Waals surface area contributed by atoms with Crippen molar-refractivity contribution in [2.24, 2.45) is 0 Å². The van der Waals surface area contributed by atoms with Crippen LogP contribution in [0.15, 0.2) is 36.4 Å². The van der Waals surface area contributed by atoms with Gasteiger partial charge in [-0.2, -0.15) is 9.61 Å². The minimum atomic E-state index is -0.633. The van der Waals surface area contributed by atoms with Gasteiger partial charge in [0.2, 0.25) is 0 Å². The second-order valence-corrected chi connectivity index (χ2v) is 5.89. The van der Waals surface area contributed by atoms with E-state index in [-0.39, 0.29) is 6.61 Å². The van der Waals surface area contributed by atoms with Gasteiger partial charge in [0, 0.05) is 23.9 Å². The number of rotatable bonds is 6. The van der Waals surface area contributed by atoms with E-state index in [1.807, 2.05) is 57.2 Å². The zero-order chi connectivity index (χ0) is 17.1. The van der Waals surface area contributed by atoms with Crippen LogP contribution in [-0.2, 0) is 0 Å². The van der Waals surface area contributed by atoms with Crippen LogP contribution in [0.25, 0.3) is 5.65 Å². The summed E-state index contributed by atoms with van der Waals surface area (Å²) in [5.41, 5.74) is 3.76. The van der Waals surface area contributed by atoms with E-state index in [1.54, 1.807) is 4.52 Å². The van der Waals surface area contributed by atoms with Gasteiger partial charge in [-0.05, 0) is 32.9 Å². The summed E-state index contributed by atoms with van der Waals surface area (Å²) in [6, 6.07) is 11.4. The van der Waals surface area contributed by atoms with Gasteiger partial charge in [-0.3, -0.25) is 0 Å². The molecule has 6 nitrogen and oxygen atoms in total. The topological polar surface area (TPSA) is 71.7 Å². The Labute approximate surface area is 141 Å². The number of aliphatic hydroxyl groups excluding tert-OH is 1. The van der Waals surface area contributed by atoms with Crippen molar-refractivity contribution in [3.8, 4) is 5.75 Å². The van der Waals surface area contributed by atoms with E-state index >= 15 is 0 Å². The van der Waals surface area contributed by atoms with Crippen LogP contribution in [0.2, 0.25) is 0 Å². The van der Waals surface area contributed by atoms with Gasteiger partial charge in [0.25, 0.3) is 0 Å². The predicted molar refractivity (Wildman–Crippen MR) is 93.6 cm³/mol. The van der Waals surface area contributed by atoms with Crippen LogP contribution >= 0.6 is 0 Å². The van der Waals surface area contributed by atoms with E-state index < -0.39 is 6.10 Å². The van der Waals surface area contributed by atoms with E-state index in [4.69, 9.17) is 4.74 Å². The molecule has 0 radical (unpaired) electrons. The van der Waals surface area contributed by atoms with Crippen molar-refractivity contribution in [3.05, 3.63) is 53.3 Å². The van der Waals surface area contributed by atoms with Crippen LogP contribution in [0.4, 0.5) is 5.82 Å². The van der Waals surface area contributed by atoms with Gasteiger partial charge in [-0.1, -0.05) is 18.2 Å². The van der Waals surface area contributed by atoms with E-state index in [9.17, 15) is 5.11 Å². The minimum Gasteiger partial charge on any atom is -0.491 e.